The van der Waals surface area contributed by atoms with Crippen LogP contribution < -0.4 is 5.73 Å². The van der Waals surface area contributed by atoms with E-state index in [4.69, 9.17) is 5.73 Å². The first-order valence-electron chi connectivity index (χ1n) is 7.45. The molecule has 1 unspecified atom stereocenters. The minimum atomic E-state index is -0.0359. The van der Waals surface area contributed by atoms with Crippen molar-refractivity contribution in [3.8, 4) is 0 Å². The van der Waals surface area contributed by atoms with Gasteiger partial charge in [-0.25, -0.2) is 0 Å². The summed E-state index contributed by atoms with van der Waals surface area (Å²) in [5, 5.41) is 0. The summed E-state index contributed by atoms with van der Waals surface area (Å²) >= 11 is 0. The quantitative estimate of drug-likeness (QED) is 0.860. The number of hydrogen-bond donors (Lipinski definition) is 1. The van der Waals surface area contributed by atoms with E-state index in [-0.39, 0.29) is 6.04 Å². The van der Waals surface area contributed by atoms with Crippen molar-refractivity contribution in [1.82, 2.24) is 0 Å². The Hall–Kier alpha value is -1.60. The van der Waals surface area contributed by atoms with Crippen LogP contribution in [0, 0.1) is 20.8 Å². The lowest BCUT2D eigenvalue weighted by atomic mass is 9.90. The van der Waals surface area contributed by atoms with E-state index >= 15 is 0 Å². The first-order valence-corrected chi connectivity index (χ1v) is 7.45. The molecule has 0 aliphatic rings. The standard InChI is InChI=1S/C19H25N/c1-5-6-16-7-9-17(10-8-16)19(20)18-14(3)11-13(2)12-15(18)4/h7-12,19H,5-6,20H2,1-4H3. The molecule has 106 valence electrons. The molecule has 0 heterocycles. The van der Waals surface area contributed by atoms with Gasteiger partial charge in [-0.3, -0.25) is 0 Å². The van der Waals surface area contributed by atoms with Gasteiger partial charge < -0.3 is 5.73 Å². The average Bonchev–Trinajstić information content (AvgIpc) is 2.38. The summed E-state index contributed by atoms with van der Waals surface area (Å²) in [5.41, 5.74) is 14.2. The van der Waals surface area contributed by atoms with Crippen LogP contribution in [0.2, 0.25) is 0 Å². The second-order valence-corrected chi connectivity index (χ2v) is 5.78. The van der Waals surface area contributed by atoms with Gasteiger partial charge in [-0.2, -0.15) is 0 Å². The van der Waals surface area contributed by atoms with Crippen LogP contribution in [0.15, 0.2) is 36.4 Å². The minimum absolute atomic E-state index is 0.0359. The zero-order chi connectivity index (χ0) is 14.7. The van der Waals surface area contributed by atoms with Crippen LogP contribution in [0.5, 0.6) is 0 Å². The van der Waals surface area contributed by atoms with Crippen LogP contribution in [-0.4, -0.2) is 0 Å². The van der Waals surface area contributed by atoms with Gasteiger partial charge in [0.1, 0.15) is 0 Å². The predicted octanol–water partition coefficient (Wildman–Crippen LogP) is 4.61. The second-order valence-electron chi connectivity index (χ2n) is 5.78. The van der Waals surface area contributed by atoms with Gasteiger partial charge in [0.2, 0.25) is 0 Å². The van der Waals surface area contributed by atoms with Crippen LogP contribution in [0.4, 0.5) is 0 Å². The van der Waals surface area contributed by atoms with Crippen LogP contribution in [0.1, 0.15) is 52.8 Å². The van der Waals surface area contributed by atoms with Gasteiger partial charge in [0.25, 0.3) is 0 Å². The van der Waals surface area contributed by atoms with E-state index in [1.165, 1.54) is 39.8 Å². The van der Waals surface area contributed by atoms with E-state index in [9.17, 15) is 0 Å². The summed E-state index contributed by atoms with van der Waals surface area (Å²) in [4.78, 5) is 0. The zero-order valence-corrected chi connectivity index (χ0v) is 13.0. The lowest BCUT2D eigenvalue weighted by molar-refractivity contribution is 0.846. The van der Waals surface area contributed by atoms with E-state index in [1.807, 2.05) is 0 Å². The van der Waals surface area contributed by atoms with Crippen molar-refractivity contribution in [3.63, 3.8) is 0 Å². The summed E-state index contributed by atoms with van der Waals surface area (Å²) in [6.07, 6.45) is 2.32. The Morgan fingerprint density at radius 3 is 2.00 bits per heavy atom. The number of rotatable bonds is 4. The smallest absolute Gasteiger partial charge is 0.0556 e. The third-order valence-corrected chi connectivity index (χ3v) is 3.93. The van der Waals surface area contributed by atoms with Crippen molar-refractivity contribution in [2.24, 2.45) is 5.73 Å². The fourth-order valence-corrected chi connectivity index (χ4v) is 3.03. The normalized spacial score (nSPS) is 12.4. The Morgan fingerprint density at radius 1 is 0.950 bits per heavy atom. The molecule has 20 heavy (non-hydrogen) atoms. The SMILES string of the molecule is CCCc1ccc(C(N)c2c(C)cc(C)cc2C)cc1. The van der Waals surface area contributed by atoms with Crippen molar-refractivity contribution in [1.29, 1.82) is 0 Å². The molecule has 2 aromatic carbocycles. The summed E-state index contributed by atoms with van der Waals surface area (Å²) in [5.74, 6) is 0. The Labute approximate surface area is 122 Å². The molecule has 0 aromatic heterocycles. The lowest BCUT2D eigenvalue weighted by Crippen LogP contribution is -2.15. The summed E-state index contributed by atoms with van der Waals surface area (Å²) in [6.45, 7) is 8.65. The van der Waals surface area contributed by atoms with Gasteiger partial charge in [-0.15, -0.1) is 0 Å². The number of hydrogen-bond acceptors (Lipinski definition) is 1. The number of nitrogens with two attached hydrogens (primary N) is 1. The Balaban J connectivity index is 2.33. The maximum atomic E-state index is 6.49. The van der Waals surface area contributed by atoms with E-state index in [0.717, 1.165) is 6.42 Å². The maximum Gasteiger partial charge on any atom is 0.0556 e. The van der Waals surface area contributed by atoms with Crippen molar-refractivity contribution in [3.05, 3.63) is 69.8 Å². The van der Waals surface area contributed by atoms with Gasteiger partial charge in [0.15, 0.2) is 0 Å². The third kappa shape index (κ3) is 3.10. The highest BCUT2D eigenvalue weighted by molar-refractivity contribution is 5.44. The molecule has 1 heteroatoms. The fraction of sp³-hybridized carbons (Fsp3) is 0.368. The highest BCUT2D eigenvalue weighted by Gasteiger charge is 2.14. The van der Waals surface area contributed by atoms with Crippen LogP contribution in [0.25, 0.3) is 0 Å². The highest BCUT2D eigenvalue weighted by Crippen LogP contribution is 2.27. The van der Waals surface area contributed by atoms with Crippen molar-refractivity contribution >= 4 is 0 Å². The fourth-order valence-electron chi connectivity index (χ4n) is 3.03. The molecule has 0 aliphatic heterocycles. The van der Waals surface area contributed by atoms with Gasteiger partial charge in [0.05, 0.1) is 6.04 Å². The van der Waals surface area contributed by atoms with Gasteiger partial charge >= 0.3 is 0 Å². The van der Waals surface area contributed by atoms with E-state index in [1.54, 1.807) is 0 Å². The van der Waals surface area contributed by atoms with Gasteiger partial charge in [-0.1, -0.05) is 55.3 Å². The molecular weight excluding hydrogens is 242 g/mol. The summed E-state index contributed by atoms with van der Waals surface area (Å²) in [7, 11) is 0. The molecule has 0 radical (unpaired) electrons. The van der Waals surface area contributed by atoms with Crippen molar-refractivity contribution in [2.45, 2.75) is 46.6 Å². The highest BCUT2D eigenvalue weighted by atomic mass is 14.6. The Morgan fingerprint density at radius 2 is 1.50 bits per heavy atom. The third-order valence-electron chi connectivity index (χ3n) is 3.93. The molecule has 2 aromatic rings. The first-order chi connectivity index (χ1) is 9.52. The van der Waals surface area contributed by atoms with Crippen LogP contribution >= 0.6 is 0 Å². The lowest BCUT2D eigenvalue weighted by Gasteiger charge is -2.19. The minimum Gasteiger partial charge on any atom is -0.320 e. The van der Waals surface area contributed by atoms with Crippen molar-refractivity contribution < 1.29 is 0 Å². The molecule has 1 nitrogen and oxygen atoms in total. The molecule has 1 atom stereocenters. The first kappa shape index (κ1) is 14.8. The van der Waals surface area contributed by atoms with E-state index < -0.39 is 0 Å². The molecule has 0 bridgehead atoms. The molecule has 2 rings (SSSR count). The molecule has 0 spiro atoms. The van der Waals surface area contributed by atoms with Crippen LogP contribution in [-0.2, 0) is 6.42 Å². The van der Waals surface area contributed by atoms with Gasteiger partial charge in [-0.05, 0) is 55.0 Å². The molecule has 0 saturated heterocycles. The Kier molecular flexibility index (Phi) is 4.61. The summed E-state index contributed by atoms with van der Waals surface area (Å²) < 4.78 is 0. The molecule has 0 saturated carbocycles. The predicted molar refractivity (Wildman–Crippen MR) is 87.1 cm³/mol. The average molecular weight is 267 g/mol. The molecule has 0 aliphatic carbocycles. The molecule has 0 fully saturated rings. The monoisotopic (exact) mass is 267 g/mol. The second kappa shape index (κ2) is 6.23. The molecule has 0 amide bonds. The number of aryl methyl sites for hydroxylation is 4. The number of benzene rings is 2. The van der Waals surface area contributed by atoms with Crippen LogP contribution in [0.3, 0.4) is 0 Å². The molecular formula is C19H25N. The van der Waals surface area contributed by atoms with E-state index in [2.05, 4.69) is 64.1 Å². The topological polar surface area (TPSA) is 26.0 Å². The van der Waals surface area contributed by atoms with E-state index in [0.29, 0.717) is 0 Å². The largest absolute Gasteiger partial charge is 0.320 e. The van der Waals surface area contributed by atoms with Crippen molar-refractivity contribution in [2.75, 3.05) is 0 Å². The Bertz CT molecular complexity index is 558. The summed E-state index contributed by atoms with van der Waals surface area (Å²) in [6, 6.07) is 13.2. The van der Waals surface area contributed by atoms with Gasteiger partial charge in [0, 0.05) is 0 Å². The zero-order valence-electron chi connectivity index (χ0n) is 13.0. The maximum absolute atomic E-state index is 6.49. The molecule has 2 N–H and O–H groups in total.